The Hall–Kier alpha value is -1.05. The Balaban J connectivity index is 2.96. The van der Waals surface area contributed by atoms with Crippen molar-refractivity contribution in [2.45, 2.75) is 0 Å². The highest BCUT2D eigenvalue weighted by Gasteiger charge is 1.82. The van der Waals surface area contributed by atoms with Crippen molar-refractivity contribution in [3.63, 3.8) is 0 Å². The zero-order chi connectivity index (χ0) is 5.11. The maximum absolute atomic E-state index is 9.82. The van der Waals surface area contributed by atoms with Crippen LogP contribution in [-0.2, 0) is 0 Å². The van der Waals surface area contributed by atoms with Crippen molar-refractivity contribution in [2.24, 2.45) is 0 Å². The second-order valence-corrected chi connectivity index (χ2v) is 1.18. The molecule has 1 N–H and O–H groups in total. The molecule has 0 fully saturated rings. The van der Waals surface area contributed by atoms with Crippen molar-refractivity contribution in [3.8, 4) is 0 Å². The van der Waals surface area contributed by atoms with Crippen LogP contribution in [0.3, 0.4) is 0 Å². The molecule has 0 unspecified atom stereocenters. The first-order valence-electron chi connectivity index (χ1n) is 1.94. The Labute approximate surface area is 41.2 Å². The summed E-state index contributed by atoms with van der Waals surface area (Å²) in [6.07, 6.45) is 5.00. The lowest BCUT2D eigenvalue weighted by molar-refractivity contribution is 0.112. The molecule has 0 spiro atoms. The second kappa shape index (κ2) is 1.60. The Bertz CT molecular complexity index is 143. The van der Waals surface area contributed by atoms with Gasteiger partial charge in [-0.05, 0) is 6.07 Å². The summed E-state index contributed by atoms with van der Waals surface area (Å²) in [5.74, 6) is 0. The number of aromatic nitrogens is 1. The molecule has 1 aromatic rings. The lowest BCUT2D eigenvalue weighted by Crippen LogP contribution is -1.67. The van der Waals surface area contributed by atoms with E-state index in [9.17, 15) is 4.79 Å². The van der Waals surface area contributed by atoms with E-state index in [1.807, 2.05) is 0 Å². The third-order valence-corrected chi connectivity index (χ3v) is 0.690. The molecule has 1 rings (SSSR count). The summed E-state index contributed by atoms with van der Waals surface area (Å²) in [4.78, 5) is 12.4. The van der Waals surface area contributed by atoms with Gasteiger partial charge in [0, 0.05) is 11.8 Å². The van der Waals surface area contributed by atoms with E-state index in [1.165, 1.54) is 0 Å². The molecule has 1 aromatic heterocycles. The monoisotopic (exact) mass is 94.0 g/mol. The fourth-order valence-electron chi connectivity index (χ4n) is 0.367. The minimum atomic E-state index is 0.569. The number of rotatable bonds is 1. The topological polar surface area (TPSA) is 32.9 Å². The van der Waals surface area contributed by atoms with Gasteiger partial charge in [-0.15, -0.1) is 0 Å². The van der Waals surface area contributed by atoms with Crippen LogP contribution in [0.1, 0.15) is 10.4 Å². The van der Waals surface area contributed by atoms with Gasteiger partial charge in [0.2, 0.25) is 0 Å². The molecule has 0 aliphatic carbocycles. The summed E-state index contributed by atoms with van der Waals surface area (Å²) in [6, 6.07) is 1.66. The predicted octanol–water partition coefficient (Wildman–Crippen LogP) is 0.627. The highest BCUT2D eigenvalue weighted by Crippen LogP contribution is 1.86. The molecular formula is C5H4NO. The molecule has 0 amide bonds. The summed E-state index contributed by atoms with van der Waals surface area (Å²) in [5.41, 5.74) is 0.569. The van der Waals surface area contributed by atoms with E-state index in [2.05, 4.69) is 11.2 Å². The first-order chi connectivity index (χ1) is 3.43. The molecule has 0 aliphatic rings. The minimum absolute atomic E-state index is 0.569. The van der Waals surface area contributed by atoms with Crippen LogP contribution in [0.15, 0.2) is 12.3 Å². The Morgan fingerprint density at radius 1 is 1.86 bits per heavy atom. The first kappa shape index (κ1) is 4.12. The van der Waals surface area contributed by atoms with Gasteiger partial charge >= 0.3 is 0 Å². The molecule has 35 valence electrons. The number of hydrogen-bond donors (Lipinski definition) is 1. The van der Waals surface area contributed by atoms with Crippen molar-refractivity contribution in [2.75, 3.05) is 0 Å². The number of aldehydes is 1. The number of carbonyl (C=O) groups is 1. The fourth-order valence-corrected chi connectivity index (χ4v) is 0.367. The molecule has 0 aromatic carbocycles. The molecule has 0 saturated heterocycles. The number of aromatic amines is 1. The van der Waals surface area contributed by atoms with Crippen LogP contribution < -0.4 is 0 Å². The maximum Gasteiger partial charge on any atom is 0.152 e. The van der Waals surface area contributed by atoms with E-state index in [4.69, 9.17) is 0 Å². The van der Waals surface area contributed by atoms with Crippen LogP contribution in [0.2, 0.25) is 0 Å². The van der Waals surface area contributed by atoms with E-state index < -0.39 is 0 Å². The molecule has 2 nitrogen and oxygen atoms in total. The van der Waals surface area contributed by atoms with Gasteiger partial charge in [0.1, 0.15) is 0 Å². The number of carbonyl (C=O) groups excluding carboxylic acids is 1. The predicted molar refractivity (Wildman–Crippen MR) is 25.0 cm³/mol. The Morgan fingerprint density at radius 3 is 3.00 bits per heavy atom. The van der Waals surface area contributed by atoms with E-state index in [0.29, 0.717) is 5.56 Å². The standard InChI is InChI=1S/C5H4NO/c7-4-5-1-2-6-3-5/h1-2,4,6H. The van der Waals surface area contributed by atoms with Gasteiger partial charge in [0.25, 0.3) is 0 Å². The van der Waals surface area contributed by atoms with Gasteiger partial charge in [-0.25, -0.2) is 0 Å². The van der Waals surface area contributed by atoms with Crippen LogP contribution in [0, 0.1) is 6.20 Å². The van der Waals surface area contributed by atoms with Crippen LogP contribution in [0.25, 0.3) is 0 Å². The van der Waals surface area contributed by atoms with Crippen LogP contribution in [0.4, 0.5) is 0 Å². The molecule has 1 heterocycles. The summed E-state index contributed by atoms with van der Waals surface area (Å²) < 4.78 is 0. The molecule has 0 saturated carbocycles. The lowest BCUT2D eigenvalue weighted by Gasteiger charge is -1.64. The van der Waals surface area contributed by atoms with Crippen molar-refractivity contribution >= 4 is 6.29 Å². The van der Waals surface area contributed by atoms with Gasteiger partial charge < -0.3 is 4.98 Å². The largest absolute Gasteiger partial charge is 0.359 e. The molecule has 7 heavy (non-hydrogen) atoms. The quantitative estimate of drug-likeness (QED) is 0.508. The molecular weight excluding hydrogens is 90.1 g/mol. The Morgan fingerprint density at radius 2 is 2.71 bits per heavy atom. The van der Waals surface area contributed by atoms with Crippen molar-refractivity contribution in [1.82, 2.24) is 4.98 Å². The summed E-state index contributed by atoms with van der Waals surface area (Å²) in [7, 11) is 0. The minimum Gasteiger partial charge on any atom is -0.359 e. The van der Waals surface area contributed by atoms with E-state index in [0.717, 1.165) is 6.29 Å². The molecule has 0 atom stereocenters. The first-order valence-corrected chi connectivity index (χ1v) is 1.94. The SMILES string of the molecule is O=Cc1[c][nH]cc1. The molecule has 2 heteroatoms. The van der Waals surface area contributed by atoms with Crippen LogP contribution in [0.5, 0.6) is 0 Å². The summed E-state index contributed by atoms with van der Waals surface area (Å²) in [5, 5.41) is 0. The van der Waals surface area contributed by atoms with Crippen molar-refractivity contribution < 1.29 is 4.79 Å². The molecule has 0 aliphatic heterocycles. The van der Waals surface area contributed by atoms with Gasteiger partial charge in [-0.2, -0.15) is 0 Å². The molecule has 1 radical (unpaired) electrons. The maximum atomic E-state index is 9.82. The van der Waals surface area contributed by atoms with E-state index >= 15 is 0 Å². The van der Waals surface area contributed by atoms with E-state index in [-0.39, 0.29) is 0 Å². The summed E-state index contributed by atoms with van der Waals surface area (Å²) >= 11 is 0. The third kappa shape index (κ3) is 0.682. The van der Waals surface area contributed by atoms with E-state index in [1.54, 1.807) is 12.3 Å². The summed E-state index contributed by atoms with van der Waals surface area (Å²) in [6.45, 7) is 0. The van der Waals surface area contributed by atoms with Gasteiger partial charge in [0.05, 0.1) is 6.20 Å². The highest BCUT2D eigenvalue weighted by molar-refractivity contribution is 5.73. The second-order valence-electron chi connectivity index (χ2n) is 1.18. The zero-order valence-electron chi connectivity index (χ0n) is 3.64. The van der Waals surface area contributed by atoms with Crippen molar-refractivity contribution in [1.29, 1.82) is 0 Å². The zero-order valence-corrected chi connectivity index (χ0v) is 3.64. The number of H-pyrrole nitrogens is 1. The van der Waals surface area contributed by atoms with Crippen LogP contribution >= 0.6 is 0 Å². The fraction of sp³-hybridized carbons (Fsp3) is 0. The number of hydrogen-bond acceptors (Lipinski definition) is 1. The number of nitrogens with one attached hydrogen (secondary N) is 1. The average molecular weight is 94.1 g/mol. The normalized spacial score (nSPS) is 8.57. The van der Waals surface area contributed by atoms with Crippen molar-refractivity contribution in [3.05, 3.63) is 24.0 Å². The average Bonchev–Trinajstić information content (AvgIpc) is 2.14. The van der Waals surface area contributed by atoms with Gasteiger partial charge in [-0.3, -0.25) is 4.79 Å². The molecule has 0 bridgehead atoms. The van der Waals surface area contributed by atoms with Gasteiger partial charge in [0.15, 0.2) is 6.29 Å². The third-order valence-electron chi connectivity index (χ3n) is 0.690. The smallest absolute Gasteiger partial charge is 0.152 e. The Kier molecular flexibility index (Phi) is 0.941. The van der Waals surface area contributed by atoms with Crippen LogP contribution in [-0.4, -0.2) is 11.3 Å². The highest BCUT2D eigenvalue weighted by atomic mass is 16.1. The van der Waals surface area contributed by atoms with Gasteiger partial charge in [-0.1, -0.05) is 0 Å². The lowest BCUT2D eigenvalue weighted by atomic mass is 10.4.